The van der Waals surface area contributed by atoms with Crippen LogP contribution in [0.25, 0.3) is 0 Å². The zero-order valence-electron chi connectivity index (χ0n) is 23.0. The van der Waals surface area contributed by atoms with Gasteiger partial charge in [-0.25, -0.2) is 0 Å². The van der Waals surface area contributed by atoms with E-state index in [-0.39, 0.29) is 42.6 Å². The maximum absolute atomic E-state index is 2.50. The third kappa shape index (κ3) is 6.66. The summed E-state index contributed by atoms with van der Waals surface area (Å²) in [5, 5.41) is 0. The predicted molar refractivity (Wildman–Crippen MR) is 142 cm³/mol. The molecule has 0 atom stereocenters. The second-order valence-electron chi connectivity index (χ2n) is 10.4. The van der Waals surface area contributed by atoms with Gasteiger partial charge in [0.1, 0.15) is 0 Å². The van der Waals surface area contributed by atoms with Gasteiger partial charge >= 0.3 is 219 Å². The van der Waals surface area contributed by atoms with E-state index in [0.717, 1.165) is 19.3 Å². The van der Waals surface area contributed by atoms with Gasteiger partial charge in [0.25, 0.3) is 0 Å². The SMILES string of the molecule is CCCC1=CC[C]([Ti+3])=C1C(c1cc(C)cc(C)c1)(c1cc(C)cc(C)c1)c1cc(C)cc(C)c1.[Cl-].[Cl-].[Cl-]. The zero-order chi connectivity index (χ0) is 24.6. The van der Waals surface area contributed by atoms with Gasteiger partial charge in [-0.3, -0.25) is 0 Å². The Bertz CT molecular complexity index is 1130. The molecule has 3 aromatic rings. The summed E-state index contributed by atoms with van der Waals surface area (Å²) in [4.78, 5) is 0. The van der Waals surface area contributed by atoms with Crippen molar-refractivity contribution in [1.82, 2.24) is 0 Å². The van der Waals surface area contributed by atoms with E-state index >= 15 is 0 Å². The van der Waals surface area contributed by atoms with Crippen LogP contribution in [0, 0.1) is 41.5 Å². The van der Waals surface area contributed by atoms with Crippen molar-refractivity contribution in [3.63, 3.8) is 0 Å². The van der Waals surface area contributed by atoms with Crippen LogP contribution in [0.1, 0.15) is 76.3 Å². The molecule has 0 bridgehead atoms. The Morgan fingerprint density at radius 1 is 0.595 bits per heavy atom. The molecule has 0 radical (unpaired) electrons. The van der Waals surface area contributed by atoms with Crippen LogP contribution in [-0.4, -0.2) is 0 Å². The molecule has 0 saturated carbocycles. The van der Waals surface area contributed by atoms with Crippen LogP contribution in [0.3, 0.4) is 0 Å². The third-order valence-corrected chi connectivity index (χ3v) is 7.74. The van der Waals surface area contributed by atoms with E-state index in [1.165, 1.54) is 65.1 Å². The quantitative estimate of drug-likeness (QED) is 0.277. The fraction of sp³-hybridized carbons (Fsp3) is 0.333. The van der Waals surface area contributed by atoms with Crippen molar-refractivity contribution in [2.45, 2.75) is 73.1 Å². The maximum atomic E-state index is 2.50. The van der Waals surface area contributed by atoms with E-state index in [1.54, 1.807) is 0 Å². The van der Waals surface area contributed by atoms with Gasteiger partial charge < -0.3 is 37.2 Å². The number of benzene rings is 3. The summed E-state index contributed by atoms with van der Waals surface area (Å²) >= 11 is 2.36. The molecule has 0 spiro atoms. The molecule has 0 heterocycles. The molecular weight excluding hydrogens is 551 g/mol. The second-order valence-corrected chi connectivity index (χ2v) is 11.4. The molecule has 1 aliphatic rings. The Labute approximate surface area is 255 Å². The normalized spacial score (nSPS) is 12.9. The van der Waals surface area contributed by atoms with Crippen LogP contribution in [0.4, 0.5) is 0 Å². The number of hydrogen-bond acceptors (Lipinski definition) is 0. The first kappa shape index (κ1) is 33.8. The predicted octanol–water partition coefficient (Wildman–Crippen LogP) is -0.185. The van der Waals surface area contributed by atoms with Gasteiger partial charge in [0.05, 0.1) is 0 Å². The summed E-state index contributed by atoms with van der Waals surface area (Å²) in [7, 11) is 0. The molecule has 0 N–H and O–H groups in total. The fourth-order valence-electron chi connectivity index (χ4n) is 6.09. The topological polar surface area (TPSA) is 0 Å². The number of halogens is 3. The van der Waals surface area contributed by atoms with E-state index in [9.17, 15) is 0 Å². The first-order chi connectivity index (χ1) is 16.1. The molecule has 0 aromatic heterocycles. The standard InChI is InChI=1S/C33H37.3ClH.Ti/c1-8-10-28-11-9-12-32(28)33(29-16-22(2)13-23(3)17-29,30-18-24(4)14-25(5)19-30)31-20-26(6)15-27(7)21-31;;;;/h11,13-21H,8-10H2,1-7H3;3*1H;/q;;;;+3/p-3. The van der Waals surface area contributed by atoms with E-state index < -0.39 is 0 Å². The molecule has 0 fully saturated rings. The third-order valence-electron chi connectivity index (χ3n) is 7.03. The van der Waals surface area contributed by atoms with Crippen LogP contribution in [0.15, 0.2) is 75.7 Å². The Balaban J connectivity index is 0.00000228. The van der Waals surface area contributed by atoms with Crippen molar-refractivity contribution >= 4 is 0 Å². The Morgan fingerprint density at radius 3 is 1.22 bits per heavy atom. The summed E-state index contributed by atoms with van der Waals surface area (Å²) in [6.45, 7) is 15.7. The maximum Gasteiger partial charge on any atom is -1.00 e. The Hall–Kier alpha value is -1.28. The van der Waals surface area contributed by atoms with Crippen LogP contribution < -0.4 is 37.2 Å². The van der Waals surface area contributed by atoms with E-state index in [2.05, 4.69) is 130 Å². The van der Waals surface area contributed by atoms with Gasteiger partial charge in [0.15, 0.2) is 0 Å². The monoisotopic (exact) mass is 586 g/mol. The van der Waals surface area contributed by atoms with Gasteiger partial charge in [-0.2, -0.15) is 0 Å². The molecule has 0 aliphatic heterocycles. The van der Waals surface area contributed by atoms with Crippen molar-refractivity contribution < 1.29 is 57.7 Å². The number of rotatable bonds is 6. The minimum Gasteiger partial charge on any atom is -1.00 e. The van der Waals surface area contributed by atoms with Crippen LogP contribution in [-0.2, 0) is 25.9 Å². The van der Waals surface area contributed by atoms with Crippen LogP contribution in [0.2, 0.25) is 0 Å². The molecule has 1 aliphatic carbocycles. The second kappa shape index (κ2) is 13.7. The first-order valence-corrected chi connectivity index (χ1v) is 13.3. The minimum absolute atomic E-state index is 0. The molecule has 3 aromatic carbocycles. The van der Waals surface area contributed by atoms with Crippen molar-refractivity contribution in [1.29, 1.82) is 0 Å². The van der Waals surface area contributed by atoms with Crippen molar-refractivity contribution in [2.75, 3.05) is 0 Å². The van der Waals surface area contributed by atoms with E-state index in [1.807, 2.05) is 0 Å². The molecule has 37 heavy (non-hydrogen) atoms. The van der Waals surface area contributed by atoms with Gasteiger partial charge in [0.2, 0.25) is 0 Å². The summed E-state index contributed by atoms with van der Waals surface area (Å²) < 4.78 is 1.50. The summed E-state index contributed by atoms with van der Waals surface area (Å²) in [6, 6.07) is 21.5. The average molecular weight is 588 g/mol. The number of aryl methyl sites for hydroxylation is 6. The fourth-order valence-corrected chi connectivity index (χ4v) is 6.80. The smallest absolute Gasteiger partial charge is 1.00 e. The van der Waals surface area contributed by atoms with Gasteiger partial charge in [-0.1, -0.05) is 0 Å². The summed E-state index contributed by atoms with van der Waals surface area (Å²) in [5.74, 6) is 0. The van der Waals surface area contributed by atoms with Crippen LogP contribution >= 0.6 is 0 Å². The molecule has 4 rings (SSSR count). The average Bonchev–Trinajstić information content (AvgIpc) is 3.08. The van der Waals surface area contributed by atoms with Crippen molar-refractivity contribution in [2.24, 2.45) is 0 Å². The van der Waals surface area contributed by atoms with Gasteiger partial charge in [-0.05, 0) is 0 Å². The Kier molecular flexibility index (Phi) is 12.5. The van der Waals surface area contributed by atoms with Gasteiger partial charge in [-0.15, -0.1) is 0 Å². The molecule has 0 amide bonds. The molecule has 0 nitrogen and oxygen atoms in total. The minimum atomic E-state index is -0.341. The molecular formula is C33H37Cl3Ti. The van der Waals surface area contributed by atoms with Crippen molar-refractivity contribution in [3.05, 3.63) is 126 Å². The van der Waals surface area contributed by atoms with Gasteiger partial charge in [0, 0.05) is 0 Å². The summed E-state index contributed by atoms with van der Waals surface area (Å²) in [5.41, 5.74) is 14.8. The number of hydrogen-bond donors (Lipinski definition) is 0. The summed E-state index contributed by atoms with van der Waals surface area (Å²) in [6.07, 6.45) is 5.82. The molecule has 0 saturated heterocycles. The van der Waals surface area contributed by atoms with E-state index in [0.29, 0.717) is 0 Å². The van der Waals surface area contributed by atoms with Crippen molar-refractivity contribution in [3.8, 4) is 0 Å². The number of allylic oxidation sites excluding steroid dienone is 4. The first-order valence-electron chi connectivity index (χ1n) is 12.6. The van der Waals surface area contributed by atoms with E-state index in [4.69, 9.17) is 0 Å². The Morgan fingerprint density at radius 2 is 0.919 bits per heavy atom. The zero-order valence-corrected chi connectivity index (χ0v) is 26.9. The molecule has 194 valence electrons. The molecule has 4 heteroatoms. The van der Waals surface area contributed by atoms with Crippen LogP contribution in [0.5, 0.6) is 0 Å². The largest absolute Gasteiger partial charge is 1.00 e. The molecule has 0 unspecified atom stereocenters.